The topological polar surface area (TPSA) is 30.5 Å². The number of rotatable bonds is 12. The van der Waals surface area contributed by atoms with Gasteiger partial charge in [-0.2, -0.15) is 0 Å². The van der Waals surface area contributed by atoms with Crippen LogP contribution in [0.25, 0.3) is 0 Å². The van der Waals surface area contributed by atoms with Crippen LogP contribution in [0.3, 0.4) is 0 Å². The lowest BCUT2D eigenvalue weighted by atomic mass is 10.2. The van der Waals surface area contributed by atoms with Gasteiger partial charge in [-0.3, -0.25) is 0 Å². The highest BCUT2D eigenvalue weighted by molar-refractivity contribution is 6.30. The summed E-state index contributed by atoms with van der Waals surface area (Å²) in [4.78, 5) is 0. The first-order valence-electron chi connectivity index (χ1n) is 9.54. The number of nitrogens with one attached hydrogen (secondary N) is 1. The second kappa shape index (κ2) is 11.7. The maximum absolute atomic E-state index is 5.96. The van der Waals surface area contributed by atoms with E-state index in [2.05, 4.69) is 12.2 Å². The molecule has 2 aromatic rings. The third kappa shape index (κ3) is 7.57. The Balaban J connectivity index is 1.67. The van der Waals surface area contributed by atoms with Crippen molar-refractivity contribution in [2.75, 3.05) is 25.1 Å². The molecular weight excluding hydrogens is 346 g/mol. The Kier molecular flexibility index (Phi) is 9.19. The first kappa shape index (κ1) is 20.4. The Morgan fingerprint density at radius 1 is 0.923 bits per heavy atom. The van der Waals surface area contributed by atoms with Gasteiger partial charge in [0.05, 0.1) is 6.61 Å². The molecule has 0 heterocycles. The highest BCUT2D eigenvalue weighted by Gasteiger charge is 2.01. The van der Waals surface area contributed by atoms with Crippen LogP contribution in [0.2, 0.25) is 5.02 Å². The van der Waals surface area contributed by atoms with Gasteiger partial charge in [-0.05, 0) is 49.2 Å². The third-order valence-electron chi connectivity index (χ3n) is 4.18. The summed E-state index contributed by atoms with van der Waals surface area (Å²) in [5.74, 6) is 1.79. The minimum absolute atomic E-state index is 0.588. The molecule has 0 radical (unpaired) electrons. The summed E-state index contributed by atoms with van der Waals surface area (Å²) in [6.45, 7) is 6.33. The van der Waals surface area contributed by atoms with Crippen molar-refractivity contribution >= 4 is 17.3 Å². The van der Waals surface area contributed by atoms with Gasteiger partial charge in [0.25, 0.3) is 0 Å². The third-order valence-corrected chi connectivity index (χ3v) is 4.41. The minimum atomic E-state index is 0.588. The molecule has 0 amide bonds. The lowest BCUT2D eigenvalue weighted by Gasteiger charge is -2.12. The molecule has 142 valence electrons. The van der Waals surface area contributed by atoms with Crippen LogP contribution in [0.1, 0.15) is 44.6 Å². The highest BCUT2D eigenvalue weighted by atomic mass is 35.5. The molecule has 0 spiro atoms. The summed E-state index contributed by atoms with van der Waals surface area (Å²) in [5.41, 5.74) is 2.09. The van der Waals surface area contributed by atoms with Crippen molar-refractivity contribution in [1.29, 1.82) is 0 Å². The number of ether oxygens (including phenoxy) is 2. The lowest BCUT2D eigenvalue weighted by Crippen LogP contribution is -2.12. The van der Waals surface area contributed by atoms with E-state index < -0.39 is 0 Å². The molecule has 0 bridgehead atoms. The maximum Gasteiger partial charge on any atom is 0.122 e. The SMILES string of the molecule is CCCCCCCOc1cccc(NCCOc2ccc(Cl)cc2C)c1. The molecule has 0 fully saturated rings. The number of anilines is 1. The van der Waals surface area contributed by atoms with Crippen molar-refractivity contribution in [2.45, 2.75) is 46.0 Å². The van der Waals surface area contributed by atoms with E-state index in [0.717, 1.165) is 47.3 Å². The lowest BCUT2D eigenvalue weighted by molar-refractivity contribution is 0.304. The smallest absolute Gasteiger partial charge is 0.122 e. The van der Waals surface area contributed by atoms with Crippen molar-refractivity contribution in [3.63, 3.8) is 0 Å². The van der Waals surface area contributed by atoms with E-state index in [9.17, 15) is 0 Å². The van der Waals surface area contributed by atoms with Gasteiger partial charge in [-0.15, -0.1) is 0 Å². The molecule has 0 saturated heterocycles. The van der Waals surface area contributed by atoms with E-state index in [1.807, 2.05) is 49.4 Å². The zero-order chi connectivity index (χ0) is 18.6. The molecule has 0 atom stereocenters. The molecule has 26 heavy (non-hydrogen) atoms. The summed E-state index contributed by atoms with van der Waals surface area (Å²) >= 11 is 5.96. The summed E-state index contributed by atoms with van der Waals surface area (Å²) in [7, 11) is 0. The fourth-order valence-electron chi connectivity index (χ4n) is 2.72. The Morgan fingerprint density at radius 3 is 2.58 bits per heavy atom. The van der Waals surface area contributed by atoms with Crippen molar-refractivity contribution < 1.29 is 9.47 Å². The predicted molar refractivity (Wildman–Crippen MR) is 111 cm³/mol. The number of unbranched alkanes of at least 4 members (excludes halogenated alkanes) is 4. The zero-order valence-corrected chi connectivity index (χ0v) is 16.6. The zero-order valence-electron chi connectivity index (χ0n) is 15.9. The number of halogens is 1. The van der Waals surface area contributed by atoms with Crippen molar-refractivity contribution in [2.24, 2.45) is 0 Å². The van der Waals surface area contributed by atoms with Crippen LogP contribution in [0, 0.1) is 6.92 Å². The van der Waals surface area contributed by atoms with Crippen LogP contribution >= 0.6 is 11.6 Å². The first-order chi connectivity index (χ1) is 12.7. The summed E-state index contributed by atoms with van der Waals surface area (Å²) in [5, 5.41) is 4.11. The van der Waals surface area contributed by atoms with Gasteiger partial charge in [0.2, 0.25) is 0 Å². The number of hydrogen-bond donors (Lipinski definition) is 1. The molecule has 0 aliphatic heterocycles. The van der Waals surface area contributed by atoms with E-state index in [1.165, 1.54) is 25.7 Å². The summed E-state index contributed by atoms with van der Waals surface area (Å²) in [6.07, 6.45) is 6.25. The fourth-order valence-corrected chi connectivity index (χ4v) is 2.95. The molecule has 1 N–H and O–H groups in total. The Morgan fingerprint density at radius 2 is 1.77 bits per heavy atom. The van der Waals surface area contributed by atoms with Gasteiger partial charge in [-0.25, -0.2) is 0 Å². The van der Waals surface area contributed by atoms with E-state index in [1.54, 1.807) is 0 Å². The quantitative estimate of drug-likeness (QED) is 0.430. The maximum atomic E-state index is 5.96. The van der Waals surface area contributed by atoms with E-state index in [0.29, 0.717) is 6.61 Å². The van der Waals surface area contributed by atoms with Gasteiger partial charge in [0.15, 0.2) is 0 Å². The van der Waals surface area contributed by atoms with Crippen LogP contribution in [0.5, 0.6) is 11.5 Å². The normalized spacial score (nSPS) is 10.6. The van der Waals surface area contributed by atoms with Crippen LogP contribution in [-0.2, 0) is 0 Å². The first-order valence-corrected chi connectivity index (χ1v) is 9.92. The second-order valence-corrected chi connectivity index (χ2v) is 6.91. The van der Waals surface area contributed by atoms with Crippen LogP contribution in [-0.4, -0.2) is 19.8 Å². The van der Waals surface area contributed by atoms with E-state index >= 15 is 0 Å². The van der Waals surface area contributed by atoms with Crippen molar-refractivity contribution in [1.82, 2.24) is 0 Å². The van der Waals surface area contributed by atoms with Crippen molar-refractivity contribution in [3.05, 3.63) is 53.1 Å². The van der Waals surface area contributed by atoms with Crippen LogP contribution in [0.15, 0.2) is 42.5 Å². The molecule has 2 rings (SSSR count). The number of aryl methyl sites for hydroxylation is 1. The van der Waals surface area contributed by atoms with Crippen LogP contribution in [0.4, 0.5) is 5.69 Å². The Labute approximate surface area is 162 Å². The average molecular weight is 376 g/mol. The molecule has 4 heteroatoms. The highest BCUT2D eigenvalue weighted by Crippen LogP contribution is 2.22. The predicted octanol–water partition coefficient (Wildman–Crippen LogP) is 6.49. The van der Waals surface area contributed by atoms with E-state index in [4.69, 9.17) is 21.1 Å². The van der Waals surface area contributed by atoms with Gasteiger partial charge in [0, 0.05) is 23.3 Å². The Hall–Kier alpha value is -1.87. The monoisotopic (exact) mass is 375 g/mol. The fraction of sp³-hybridized carbons (Fsp3) is 0.455. The second-order valence-electron chi connectivity index (χ2n) is 6.48. The van der Waals surface area contributed by atoms with Crippen LogP contribution < -0.4 is 14.8 Å². The standard InChI is InChI=1S/C22H30ClNO2/c1-3-4-5-6-7-14-25-21-10-8-9-20(17-21)24-13-15-26-22-12-11-19(23)16-18(22)2/h8-12,16-17,24H,3-7,13-15H2,1-2H3. The minimum Gasteiger partial charge on any atom is -0.494 e. The molecule has 0 unspecified atom stereocenters. The van der Waals surface area contributed by atoms with Gasteiger partial charge in [-0.1, -0.05) is 50.3 Å². The molecule has 0 aliphatic carbocycles. The molecule has 0 aromatic heterocycles. The van der Waals surface area contributed by atoms with Gasteiger partial charge in [0.1, 0.15) is 18.1 Å². The van der Waals surface area contributed by atoms with Gasteiger partial charge < -0.3 is 14.8 Å². The largest absolute Gasteiger partial charge is 0.494 e. The molecule has 0 aliphatic rings. The molecule has 2 aromatic carbocycles. The number of benzene rings is 2. The molecular formula is C22H30ClNO2. The number of hydrogen-bond acceptors (Lipinski definition) is 3. The van der Waals surface area contributed by atoms with E-state index in [-0.39, 0.29) is 0 Å². The van der Waals surface area contributed by atoms with Crippen molar-refractivity contribution in [3.8, 4) is 11.5 Å². The summed E-state index contributed by atoms with van der Waals surface area (Å²) < 4.78 is 11.6. The average Bonchev–Trinajstić information content (AvgIpc) is 2.63. The van der Waals surface area contributed by atoms with Gasteiger partial charge >= 0.3 is 0 Å². The molecule has 3 nitrogen and oxygen atoms in total. The molecule has 0 saturated carbocycles. The summed E-state index contributed by atoms with van der Waals surface area (Å²) in [6, 6.07) is 13.8. The Bertz CT molecular complexity index is 660.